The van der Waals surface area contributed by atoms with Gasteiger partial charge in [-0.25, -0.2) is 0 Å². The molecule has 3 nitrogen and oxygen atoms in total. The largest absolute Gasteiger partial charge is 0.496 e. The maximum atomic E-state index is 11.8. The van der Waals surface area contributed by atoms with Gasteiger partial charge in [0.2, 0.25) is 5.91 Å². The van der Waals surface area contributed by atoms with E-state index in [4.69, 9.17) is 16.3 Å². The zero-order valence-electron chi connectivity index (χ0n) is 9.45. The molecule has 92 valence electrons. The number of nitrogens with zero attached hydrogens (tertiary/aromatic N) is 1. The molecule has 1 aromatic rings. The van der Waals surface area contributed by atoms with Crippen molar-refractivity contribution in [1.82, 2.24) is 0 Å². The third kappa shape index (κ3) is 2.58. The minimum atomic E-state index is 0.132. The summed E-state index contributed by atoms with van der Waals surface area (Å²) in [7, 11) is 1.62. The van der Waals surface area contributed by atoms with Crippen LogP contribution in [-0.4, -0.2) is 25.4 Å². The van der Waals surface area contributed by atoms with Crippen LogP contribution in [0.2, 0.25) is 0 Å². The summed E-state index contributed by atoms with van der Waals surface area (Å²) in [5.74, 6) is 1.67. The first-order valence-corrected chi connectivity index (χ1v) is 6.68. The molecule has 1 aliphatic rings. The molecule has 1 fully saturated rings. The SMILES string of the molecule is COc1ccc(N2CC(CCl)CC2=O)cc1Br. The van der Waals surface area contributed by atoms with Gasteiger partial charge < -0.3 is 9.64 Å². The van der Waals surface area contributed by atoms with E-state index in [1.807, 2.05) is 18.2 Å². The Hall–Kier alpha value is -0.740. The number of rotatable bonds is 3. The summed E-state index contributed by atoms with van der Waals surface area (Å²) in [6, 6.07) is 5.63. The summed E-state index contributed by atoms with van der Waals surface area (Å²) < 4.78 is 6.01. The van der Waals surface area contributed by atoms with Gasteiger partial charge in [-0.15, -0.1) is 11.6 Å². The Labute approximate surface area is 114 Å². The van der Waals surface area contributed by atoms with Gasteiger partial charge in [-0.2, -0.15) is 0 Å². The van der Waals surface area contributed by atoms with Crippen LogP contribution in [0.5, 0.6) is 5.75 Å². The number of carbonyl (C=O) groups is 1. The van der Waals surface area contributed by atoms with E-state index in [1.54, 1.807) is 12.0 Å². The maximum absolute atomic E-state index is 11.8. The summed E-state index contributed by atoms with van der Waals surface area (Å²) >= 11 is 9.21. The smallest absolute Gasteiger partial charge is 0.227 e. The highest BCUT2D eigenvalue weighted by Gasteiger charge is 2.30. The predicted molar refractivity (Wildman–Crippen MR) is 71.9 cm³/mol. The molecule has 0 aliphatic carbocycles. The minimum absolute atomic E-state index is 0.132. The molecular formula is C12H13BrClNO2. The van der Waals surface area contributed by atoms with Crippen molar-refractivity contribution < 1.29 is 9.53 Å². The Bertz CT molecular complexity index is 439. The lowest BCUT2D eigenvalue weighted by atomic mass is 10.1. The van der Waals surface area contributed by atoms with E-state index < -0.39 is 0 Å². The highest BCUT2D eigenvalue weighted by atomic mass is 79.9. The molecule has 2 rings (SSSR count). The first-order chi connectivity index (χ1) is 8.15. The highest BCUT2D eigenvalue weighted by molar-refractivity contribution is 9.10. The maximum Gasteiger partial charge on any atom is 0.227 e. The zero-order chi connectivity index (χ0) is 12.4. The van der Waals surface area contributed by atoms with Crippen LogP contribution in [0.15, 0.2) is 22.7 Å². The van der Waals surface area contributed by atoms with Gasteiger partial charge in [-0.05, 0) is 40.0 Å². The quantitative estimate of drug-likeness (QED) is 0.802. The third-order valence-electron chi connectivity index (χ3n) is 2.87. The van der Waals surface area contributed by atoms with Gasteiger partial charge in [-0.1, -0.05) is 0 Å². The number of alkyl halides is 1. The molecule has 1 aliphatic heterocycles. The molecule has 1 saturated heterocycles. The van der Waals surface area contributed by atoms with Crippen molar-refractivity contribution in [3.63, 3.8) is 0 Å². The van der Waals surface area contributed by atoms with Crippen LogP contribution in [0.1, 0.15) is 6.42 Å². The summed E-state index contributed by atoms with van der Waals surface area (Å²) in [5, 5.41) is 0. The fourth-order valence-corrected chi connectivity index (χ4v) is 2.69. The fraction of sp³-hybridized carbons (Fsp3) is 0.417. The molecule has 0 bridgehead atoms. The third-order valence-corrected chi connectivity index (χ3v) is 3.93. The summed E-state index contributed by atoms with van der Waals surface area (Å²) in [6.07, 6.45) is 0.535. The van der Waals surface area contributed by atoms with Crippen LogP contribution in [0, 0.1) is 5.92 Å². The van der Waals surface area contributed by atoms with Crippen molar-refractivity contribution in [2.24, 2.45) is 5.92 Å². The molecule has 0 radical (unpaired) electrons. The molecule has 0 spiro atoms. The standard InChI is InChI=1S/C12H13BrClNO2/c1-17-11-3-2-9(5-10(11)13)15-7-8(6-14)4-12(15)16/h2-3,5,8H,4,6-7H2,1H3. The zero-order valence-corrected chi connectivity index (χ0v) is 11.8. The molecular weight excluding hydrogens is 305 g/mol. The second-order valence-corrected chi connectivity index (χ2v) is 5.21. The van der Waals surface area contributed by atoms with Crippen molar-refractivity contribution in [3.05, 3.63) is 22.7 Å². The van der Waals surface area contributed by atoms with Gasteiger partial charge in [0, 0.05) is 24.5 Å². The van der Waals surface area contributed by atoms with Gasteiger partial charge in [0.05, 0.1) is 11.6 Å². The molecule has 1 aromatic carbocycles. The van der Waals surface area contributed by atoms with Crippen molar-refractivity contribution in [1.29, 1.82) is 0 Å². The lowest BCUT2D eigenvalue weighted by Gasteiger charge is -2.17. The summed E-state index contributed by atoms with van der Waals surface area (Å²) in [6.45, 7) is 0.696. The number of amides is 1. The van der Waals surface area contributed by atoms with Crippen molar-refractivity contribution >= 4 is 39.1 Å². The number of hydrogen-bond donors (Lipinski definition) is 0. The number of ether oxygens (including phenoxy) is 1. The molecule has 5 heteroatoms. The number of anilines is 1. The van der Waals surface area contributed by atoms with Gasteiger partial charge in [0.1, 0.15) is 5.75 Å². The van der Waals surface area contributed by atoms with Gasteiger partial charge in [0.15, 0.2) is 0 Å². The van der Waals surface area contributed by atoms with Crippen LogP contribution < -0.4 is 9.64 Å². The minimum Gasteiger partial charge on any atom is -0.496 e. The Kier molecular flexibility index (Phi) is 3.94. The summed E-state index contributed by atoms with van der Waals surface area (Å²) in [5.41, 5.74) is 0.885. The number of carbonyl (C=O) groups excluding carboxylic acids is 1. The second-order valence-electron chi connectivity index (χ2n) is 4.05. The molecule has 1 unspecified atom stereocenters. The van der Waals surface area contributed by atoms with Crippen LogP contribution in [0.25, 0.3) is 0 Å². The fourth-order valence-electron chi connectivity index (χ4n) is 1.96. The monoisotopic (exact) mass is 317 g/mol. The number of hydrogen-bond acceptors (Lipinski definition) is 2. The first-order valence-electron chi connectivity index (χ1n) is 5.35. The number of methoxy groups -OCH3 is 1. The average molecular weight is 319 g/mol. The van der Waals surface area contributed by atoms with Crippen LogP contribution in [-0.2, 0) is 4.79 Å². The summed E-state index contributed by atoms with van der Waals surface area (Å²) in [4.78, 5) is 13.6. The van der Waals surface area contributed by atoms with Crippen molar-refractivity contribution in [2.45, 2.75) is 6.42 Å². The molecule has 1 heterocycles. The average Bonchev–Trinajstić information content (AvgIpc) is 2.70. The van der Waals surface area contributed by atoms with E-state index in [0.717, 1.165) is 15.9 Å². The topological polar surface area (TPSA) is 29.5 Å². The van der Waals surface area contributed by atoms with Gasteiger partial charge in [0.25, 0.3) is 0 Å². The predicted octanol–water partition coefficient (Wildman–Crippen LogP) is 3.05. The van der Waals surface area contributed by atoms with E-state index in [1.165, 1.54) is 0 Å². The molecule has 0 N–H and O–H groups in total. The molecule has 1 atom stereocenters. The Balaban J connectivity index is 2.23. The van der Waals surface area contributed by atoms with E-state index in [-0.39, 0.29) is 11.8 Å². The lowest BCUT2D eigenvalue weighted by molar-refractivity contribution is -0.117. The van der Waals surface area contributed by atoms with Crippen LogP contribution >= 0.6 is 27.5 Å². The second kappa shape index (κ2) is 5.27. The lowest BCUT2D eigenvalue weighted by Crippen LogP contribution is -2.24. The van der Waals surface area contributed by atoms with Crippen LogP contribution in [0.4, 0.5) is 5.69 Å². The molecule has 0 saturated carbocycles. The van der Waals surface area contributed by atoms with Crippen molar-refractivity contribution in [3.8, 4) is 5.75 Å². The Morgan fingerprint density at radius 2 is 2.35 bits per heavy atom. The van der Waals surface area contributed by atoms with E-state index in [0.29, 0.717) is 18.8 Å². The van der Waals surface area contributed by atoms with Gasteiger partial charge in [-0.3, -0.25) is 4.79 Å². The Morgan fingerprint density at radius 3 is 2.88 bits per heavy atom. The normalized spacial score (nSPS) is 19.8. The van der Waals surface area contributed by atoms with E-state index in [9.17, 15) is 4.79 Å². The van der Waals surface area contributed by atoms with E-state index in [2.05, 4.69) is 15.9 Å². The number of benzene rings is 1. The number of halogens is 2. The first kappa shape index (κ1) is 12.7. The van der Waals surface area contributed by atoms with Crippen LogP contribution in [0.3, 0.4) is 0 Å². The van der Waals surface area contributed by atoms with Gasteiger partial charge >= 0.3 is 0 Å². The van der Waals surface area contributed by atoms with Crippen molar-refractivity contribution in [2.75, 3.05) is 24.4 Å². The Morgan fingerprint density at radius 1 is 1.59 bits per heavy atom. The van der Waals surface area contributed by atoms with E-state index >= 15 is 0 Å². The molecule has 0 aromatic heterocycles. The highest BCUT2D eigenvalue weighted by Crippen LogP contribution is 2.32. The molecule has 17 heavy (non-hydrogen) atoms. The molecule has 1 amide bonds.